The van der Waals surface area contributed by atoms with Crippen LogP contribution in [0, 0.1) is 5.92 Å². The average molecular weight is 271 g/mol. The lowest BCUT2D eigenvalue weighted by molar-refractivity contribution is 0.196. The second kappa shape index (κ2) is 4.31. The topological polar surface area (TPSA) is 85.1 Å². The number of fused-ring (bicyclic) bond motifs is 1. The molecule has 1 fully saturated rings. The zero-order chi connectivity index (χ0) is 12.8. The minimum absolute atomic E-state index is 0.0410. The molecule has 18 heavy (non-hydrogen) atoms. The molecule has 3 heterocycles. The highest BCUT2D eigenvalue weighted by molar-refractivity contribution is 7.91. The summed E-state index contributed by atoms with van der Waals surface area (Å²) >= 11 is 0. The predicted molar refractivity (Wildman–Crippen MR) is 64.9 cm³/mol. The van der Waals surface area contributed by atoms with Crippen LogP contribution in [-0.2, 0) is 22.8 Å². The molecule has 0 spiro atoms. The lowest BCUT2D eigenvalue weighted by Gasteiger charge is -2.19. The molecular weight excluding hydrogens is 254 g/mol. The number of nitrogens with zero attached hydrogens (tertiary/aromatic N) is 3. The molecule has 6 nitrogen and oxygen atoms in total. The first-order valence-electron chi connectivity index (χ1n) is 6.32. The van der Waals surface area contributed by atoms with Crippen LogP contribution >= 0.6 is 0 Å². The highest BCUT2D eigenvalue weighted by atomic mass is 32.2. The van der Waals surface area contributed by atoms with E-state index in [-0.39, 0.29) is 29.9 Å². The van der Waals surface area contributed by atoms with Gasteiger partial charge in [0.2, 0.25) is 0 Å². The largest absolute Gasteiger partial charge is 0.396 e. The van der Waals surface area contributed by atoms with E-state index in [2.05, 4.69) is 10.1 Å². The van der Waals surface area contributed by atoms with Crippen molar-refractivity contribution in [3.63, 3.8) is 0 Å². The molecule has 2 atom stereocenters. The third-order valence-corrected chi connectivity index (χ3v) is 5.61. The molecule has 0 radical (unpaired) electrons. The number of aryl methyl sites for hydroxylation is 1. The smallest absolute Gasteiger partial charge is 0.155 e. The fraction of sp³-hybridized carbons (Fsp3) is 0.818. The number of sulfone groups is 1. The van der Waals surface area contributed by atoms with Gasteiger partial charge in [0.15, 0.2) is 15.7 Å². The van der Waals surface area contributed by atoms with Gasteiger partial charge in [-0.3, -0.25) is 0 Å². The van der Waals surface area contributed by atoms with Crippen molar-refractivity contribution in [1.29, 1.82) is 0 Å². The minimum atomic E-state index is -2.89. The van der Waals surface area contributed by atoms with Gasteiger partial charge in [-0.05, 0) is 18.8 Å². The Bertz CT molecular complexity index is 552. The molecule has 2 aliphatic heterocycles. The van der Waals surface area contributed by atoms with E-state index in [1.165, 1.54) is 0 Å². The first-order valence-corrected chi connectivity index (χ1v) is 8.14. The van der Waals surface area contributed by atoms with Crippen LogP contribution in [-0.4, -0.2) is 46.4 Å². The van der Waals surface area contributed by atoms with Crippen LogP contribution < -0.4 is 0 Å². The van der Waals surface area contributed by atoms with Crippen molar-refractivity contribution in [2.24, 2.45) is 5.92 Å². The maximum Gasteiger partial charge on any atom is 0.155 e. The maximum atomic E-state index is 11.5. The van der Waals surface area contributed by atoms with Gasteiger partial charge in [0.05, 0.1) is 11.5 Å². The summed E-state index contributed by atoms with van der Waals surface area (Å²) in [5, 5.41) is 13.6. The Morgan fingerprint density at radius 3 is 2.89 bits per heavy atom. The first-order chi connectivity index (χ1) is 8.57. The van der Waals surface area contributed by atoms with E-state index in [4.69, 9.17) is 5.11 Å². The third-order valence-electron chi connectivity index (χ3n) is 3.84. The summed E-state index contributed by atoms with van der Waals surface area (Å²) in [7, 11) is -2.89. The Balaban J connectivity index is 1.82. The van der Waals surface area contributed by atoms with Gasteiger partial charge in [0, 0.05) is 25.5 Å². The average Bonchev–Trinajstić information content (AvgIpc) is 2.90. The highest BCUT2D eigenvalue weighted by Gasteiger charge is 2.33. The molecule has 2 aliphatic rings. The Morgan fingerprint density at radius 2 is 2.22 bits per heavy atom. The Labute approximate surface area is 106 Å². The molecule has 3 rings (SSSR count). The van der Waals surface area contributed by atoms with Gasteiger partial charge in [-0.25, -0.2) is 18.1 Å². The summed E-state index contributed by atoms with van der Waals surface area (Å²) in [6, 6.07) is 0. The lowest BCUT2D eigenvalue weighted by atomic mass is 9.99. The molecule has 7 heteroatoms. The zero-order valence-electron chi connectivity index (χ0n) is 10.1. The number of aliphatic hydroxyl groups excluding tert-OH is 1. The van der Waals surface area contributed by atoms with Crippen molar-refractivity contribution in [3.05, 3.63) is 11.6 Å². The number of aromatic nitrogens is 3. The zero-order valence-corrected chi connectivity index (χ0v) is 10.9. The molecule has 0 bridgehead atoms. The quantitative estimate of drug-likeness (QED) is 0.800. The summed E-state index contributed by atoms with van der Waals surface area (Å²) in [6.07, 6.45) is 2.29. The second-order valence-corrected chi connectivity index (χ2v) is 7.48. The molecule has 0 aromatic carbocycles. The van der Waals surface area contributed by atoms with E-state index >= 15 is 0 Å². The number of hydrogen-bond acceptors (Lipinski definition) is 5. The summed E-state index contributed by atoms with van der Waals surface area (Å²) in [5.41, 5.74) is 0. The monoisotopic (exact) mass is 271 g/mol. The van der Waals surface area contributed by atoms with Crippen LogP contribution in [0.15, 0.2) is 0 Å². The normalized spacial score (nSPS) is 30.3. The highest BCUT2D eigenvalue weighted by Crippen LogP contribution is 2.28. The molecule has 0 amide bonds. The third kappa shape index (κ3) is 2.16. The van der Waals surface area contributed by atoms with E-state index in [9.17, 15) is 8.42 Å². The standard InChI is InChI=1S/C11H17N3O3S/c15-6-8-1-3-14-10(5-8)12-11(13-14)9-2-4-18(16,17)7-9/h8-9,15H,1-7H2. The van der Waals surface area contributed by atoms with E-state index in [1.807, 2.05) is 4.68 Å². The lowest BCUT2D eigenvalue weighted by Crippen LogP contribution is -2.22. The molecular formula is C11H17N3O3S. The van der Waals surface area contributed by atoms with Gasteiger partial charge >= 0.3 is 0 Å². The molecule has 1 N–H and O–H groups in total. The van der Waals surface area contributed by atoms with Gasteiger partial charge in [-0.2, -0.15) is 5.10 Å². The number of aliphatic hydroxyl groups is 1. The summed E-state index contributed by atoms with van der Waals surface area (Å²) < 4.78 is 24.8. The van der Waals surface area contributed by atoms with Crippen molar-refractivity contribution in [3.8, 4) is 0 Å². The van der Waals surface area contributed by atoms with Crippen LogP contribution in [0.1, 0.15) is 30.4 Å². The minimum Gasteiger partial charge on any atom is -0.396 e. The number of hydrogen-bond donors (Lipinski definition) is 1. The van der Waals surface area contributed by atoms with Crippen molar-refractivity contribution >= 4 is 9.84 Å². The molecule has 100 valence electrons. The van der Waals surface area contributed by atoms with Gasteiger partial charge in [0.25, 0.3) is 0 Å². The van der Waals surface area contributed by atoms with E-state index in [1.54, 1.807) is 0 Å². The molecule has 1 aromatic rings. The summed E-state index contributed by atoms with van der Waals surface area (Å²) in [5.74, 6) is 2.22. The van der Waals surface area contributed by atoms with Crippen LogP contribution in [0.25, 0.3) is 0 Å². The maximum absolute atomic E-state index is 11.5. The predicted octanol–water partition coefficient (Wildman–Crippen LogP) is -0.265. The van der Waals surface area contributed by atoms with Gasteiger partial charge in [-0.15, -0.1) is 0 Å². The number of rotatable bonds is 2. The Morgan fingerprint density at radius 1 is 1.39 bits per heavy atom. The van der Waals surface area contributed by atoms with Gasteiger partial charge in [-0.1, -0.05) is 0 Å². The molecule has 0 aliphatic carbocycles. The van der Waals surface area contributed by atoms with Crippen LogP contribution in [0.5, 0.6) is 0 Å². The van der Waals surface area contributed by atoms with E-state index in [0.29, 0.717) is 12.2 Å². The SMILES string of the molecule is O=S1(=O)CCC(c2nc3n(n2)CCC(CO)C3)C1. The second-order valence-electron chi connectivity index (χ2n) is 5.25. The Hall–Kier alpha value is -0.950. The van der Waals surface area contributed by atoms with Crippen LogP contribution in [0.4, 0.5) is 0 Å². The summed E-state index contributed by atoms with van der Waals surface area (Å²) in [4.78, 5) is 4.47. The van der Waals surface area contributed by atoms with Crippen molar-refractivity contribution in [2.75, 3.05) is 18.1 Å². The fourth-order valence-electron chi connectivity index (χ4n) is 2.72. The fourth-order valence-corrected chi connectivity index (χ4v) is 4.46. The van der Waals surface area contributed by atoms with Gasteiger partial charge in [0.1, 0.15) is 5.82 Å². The molecule has 1 saturated heterocycles. The van der Waals surface area contributed by atoms with Crippen LogP contribution in [0.2, 0.25) is 0 Å². The first kappa shape index (κ1) is 12.1. The van der Waals surface area contributed by atoms with Crippen molar-refractivity contribution in [1.82, 2.24) is 14.8 Å². The Kier molecular flexibility index (Phi) is 2.90. The summed E-state index contributed by atoms with van der Waals surface area (Å²) in [6.45, 7) is 0.951. The molecule has 1 aromatic heterocycles. The molecule has 0 saturated carbocycles. The van der Waals surface area contributed by atoms with Crippen molar-refractivity contribution in [2.45, 2.75) is 31.7 Å². The van der Waals surface area contributed by atoms with Crippen LogP contribution in [0.3, 0.4) is 0 Å². The van der Waals surface area contributed by atoms with Gasteiger partial charge < -0.3 is 5.11 Å². The van der Waals surface area contributed by atoms with E-state index < -0.39 is 9.84 Å². The van der Waals surface area contributed by atoms with E-state index in [0.717, 1.165) is 25.2 Å². The molecule has 2 unspecified atom stereocenters. The van der Waals surface area contributed by atoms with Crippen molar-refractivity contribution < 1.29 is 13.5 Å².